The molecule has 0 unspecified atom stereocenters. The molecule has 0 aliphatic rings. The smallest absolute Gasteiger partial charge is 0.158 e. The summed E-state index contributed by atoms with van der Waals surface area (Å²) in [5.41, 5.74) is 1.61. The molecule has 0 spiro atoms. The minimum atomic E-state index is -0.127. The lowest BCUT2D eigenvalue weighted by atomic mass is 10.0. The minimum Gasteiger partial charge on any atom is -0.504 e. The first-order chi connectivity index (χ1) is 9.69. The van der Waals surface area contributed by atoms with Gasteiger partial charge in [-0.1, -0.05) is 37.8 Å². The highest BCUT2D eigenvalue weighted by molar-refractivity contribution is 6.00. The van der Waals surface area contributed by atoms with E-state index >= 15 is 0 Å². The van der Waals surface area contributed by atoms with Gasteiger partial charge in [-0.05, 0) is 38.0 Å². The molecule has 1 rings (SSSR count). The Morgan fingerprint density at radius 2 is 1.80 bits per heavy atom. The monoisotopic (exact) mass is 279 g/mol. The van der Waals surface area contributed by atoms with Gasteiger partial charge in [0.05, 0.1) is 5.71 Å². The summed E-state index contributed by atoms with van der Waals surface area (Å²) in [5.74, 6) is -0.245. The third-order valence-electron chi connectivity index (χ3n) is 3.13. The number of benzene rings is 1. The van der Waals surface area contributed by atoms with Crippen LogP contribution in [0.25, 0.3) is 0 Å². The normalized spacial score (nSPS) is 11.6. The Labute approximate surface area is 121 Å². The zero-order valence-electron chi connectivity index (χ0n) is 12.4. The molecule has 0 aromatic heterocycles. The fraction of sp³-hybridized carbons (Fsp3) is 0.562. The van der Waals surface area contributed by atoms with Gasteiger partial charge >= 0.3 is 0 Å². The van der Waals surface area contributed by atoms with E-state index in [1.807, 2.05) is 6.92 Å². The van der Waals surface area contributed by atoms with Gasteiger partial charge in [-0.3, -0.25) is 0 Å². The predicted molar refractivity (Wildman–Crippen MR) is 81.3 cm³/mol. The predicted octanol–water partition coefficient (Wildman–Crippen LogP) is 4.20. The first-order valence-electron chi connectivity index (χ1n) is 7.40. The zero-order chi connectivity index (χ0) is 14.8. The zero-order valence-corrected chi connectivity index (χ0v) is 12.4. The Bertz CT molecular complexity index is 430. The number of aromatic hydroxyl groups is 2. The second kappa shape index (κ2) is 9.23. The Balaban J connectivity index is 2.66. The van der Waals surface area contributed by atoms with Crippen molar-refractivity contribution in [3.63, 3.8) is 0 Å². The van der Waals surface area contributed by atoms with Crippen molar-refractivity contribution in [2.45, 2.75) is 52.4 Å². The summed E-state index contributed by atoms with van der Waals surface area (Å²) in [7, 11) is 0. The van der Waals surface area contributed by atoms with Crippen LogP contribution in [-0.4, -0.2) is 22.5 Å². The molecule has 0 aliphatic carbocycles. The molecule has 0 aliphatic heterocycles. The second-order valence-corrected chi connectivity index (χ2v) is 4.82. The van der Waals surface area contributed by atoms with Crippen LogP contribution in [0.3, 0.4) is 0 Å². The van der Waals surface area contributed by atoms with E-state index in [2.05, 4.69) is 12.1 Å². The highest BCUT2D eigenvalue weighted by atomic mass is 16.6. The van der Waals surface area contributed by atoms with Crippen molar-refractivity contribution >= 4 is 5.71 Å². The van der Waals surface area contributed by atoms with Gasteiger partial charge in [-0.2, -0.15) is 0 Å². The highest BCUT2D eigenvalue weighted by Crippen LogP contribution is 2.26. The molecule has 0 amide bonds. The van der Waals surface area contributed by atoms with Crippen molar-refractivity contribution in [3.8, 4) is 11.5 Å². The van der Waals surface area contributed by atoms with Gasteiger partial charge in [0.1, 0.15) is 6.61 Å². The van der Waals surface area contributed by atoms with E-state index in [0.717, 1.165) is 24.1 Å². The van der Waals surface area contributed by atoms with Gasteiger partial charge in [0.15, 0.2) is 11.5 Å². The Morgan fingerprint density at radius 1 is 1.05 bits per heavy atom. The molecule has 0 heterocycles. The maximum atomic E-state index is 9.57. The summed E-state index contributed by atoms with van der Waals surface area (Å²) >= 11 is 0. The highest BCUT2D eigenvalue weighted by Gasteiger charge is 2.08. The Kier molecular flexibility index (Phi) is 7.55. The van der Waals surface area contributed by atoms with Crippen molar-refractivity contribution < 1.29 is 15.1 Å². The number of hydrogen-bond acceptors (Lipinski definition) is 4. The summed E-state index contributed by atoms with van der Waals surface area (Å²) in [6.07, 6.45) is 6.76. The van der Waals surface area contributed by atoms with E-state index in [4.69, 9.17) is 4.84 Å². The summed E-state index contributed by atoms with van der Waals surface area (Å²) in [5, 5.41) is 23.0. The van der Waals surface area contributed by atoms with Crippen LogP contribution in [0, 0.1) is 0 Å². The molecule has 0 saturated carbocycles. The van der Waals surface area contributed by atoms with Gasteiger partial charge in [0.2, 0.25) is 0 Å². The topological polar surface area (TPSA) is 62.0 Å². The molecule has 20 heavy (non-hydrogen) atoms. The summed E-state index contributed by atoms with van der Waals surface area (Å²) in [6.45, 7) is 4.60. The van der Waals surface area contributed by atoms with Crippen molar-refractivity contribution in [1.82, 2.24) is 0 Å². The second-order valence-electron chi connectivity index (χ2n) is 4.82. The van der Waals surface area contributed by atoms with Crippen LogP contribution in [0.5, 0.6) is 11.5 Å². The average Bonchev–Trinajstić information content (AvgIpc) is 2.45. The van der Waals surface area contributed by atoms with Crippen molar-refractivity contribution in [3.05, 3.63) is 23.8 Å². The minimum absolute atomic E-state index is 0.118. The van der Waals surface area contributed by atoms with E-state index in [9.17, 15) is 10.2 Å². The summed E-state index contributed by atoms with van der Waals surface area (Å²) < 4.78 is 0. The quantitative estimate of drug-likeness (QED) is 0.308. The first-order valence-corrected chi connectivity index (χ1v) is 7.40. The molecular weight excluding hydrogens is 254 g/mol. The average molecular weight is 279 g/mol. The lowest BCUT2D eigenvalue weighted by Gasteiger charge is -2.08. The maximum absolute atomic E-state index is 9.57. The SMILES string of the molecule is CCCCCCC/C(=N/OCC)c1ccc(O)c(O)c1. The van der Waals surface area contributed by atoms with Gasteiger partial charge in [0.25, 0.3) is 0 Å². The molecule has 1 aromatic rings. The van der Waals surface area contributed by atoms with Crippen LogP contribution < -0.4 is 0 Å². The van der Waals surface area contributed by atoms with E-state index < -0.39 is 0 Å². The molecule has 4 nitrogen and oxygen atoms in total. The van der Waals surface area contributed by atoms with Crippen LogP contribution in [0.4, 0.5) is 0 Å². The van der Waals surface area contributed by atoms with Crippen molar-refractivity contribution in [2.24, 2.45) is 5.16 Å². The van der Waals surface area contributed by atoms with Crippen LogP contribution in [-0.2, 0) is 4.84 Å². The number of oxime groups is 1. The number of rotatable bonds is 9. The molecule has 4 heteroatoms. The lowest BCUT2D eigenvalue weighted by molar-refractivity contribution is 0.158. The van der Waals surface area contributed by atoms with Crippen LogP contribution in [0.1, 0.15) is 57.9 Å². The van der Waals surface area contributed by atoms with Gasteiger partial charge in [0, 0.05) is 5.56 Å². The number of unbranched alkanes of at least 4 members (excludes halogenated alkanes) is 4. The number of hydrogen-bond donors (Lipinski definition) is 2. The molecular formula is C16H25NO3. The van der Waals surface area contributed by atoms with E-state index in [-0.39, 0.29) is 11.5 Å². The Morgan fingerprint density at radius 3 is 2.45 bits per heavy atom. The largest absolute Gasteiger partial charge is 0.504 e. The summed E-state index contributed by atoms with van der Waals surface area (Å²) in [4.78, 5) is 5.14. The van der Waals surface area contributed by atoms with Crippen molar-refractivity contribution in [2.75, 3.05) is 6.61 Å². The maximum Gasteiger partial charge on any atom is 0.158 e. The van der Waals surface area contributed by atoms with Gasteiger partial charge in [-0.15, -0.1) is 0 Å². The molecule has 0 atom stereocenters. The third-order valence-corrected chi connectivity index (χ3v) is 3.13. The molecule has 2 N–H and O–H groups in total. The summed E-state index contributed by atoms with van der Waals surface area (Å²) in [6, 6.07) is 4.75. The first kappa shape index (κ1) is 16.3. The molecule has 0 fully saturated rings. The molecule has 0 saturated heterocycles. The fourth-order valence-electron chi connectivity index (χ4n) is 1.98. The van der Waals surface area contributed by atoms with Crippen molar-refractivity contribution in [1.29, 1.82) is 0 Å². The van der Waals surface area contributed by atoms with Crippen LogP contribution in [0.15, 0.2) is 23.4 Å². The molecule has 0 bridgehead atoms. The number of nitrogens with zero attached hydrogens (tertiary/aromatic N) is 1. The lowest BCUT2D eigenvalue weighted by Crippen LogP contribution is -2.02. The number of phenols is 2. The number of phenolic OH excluding ortho intramolecular Hbond substituents is 2. The molecule has 112 valence electrons. The third kappa shape index (κ3) is 5.51. The van der Waals surface area contributed by atoms with Crippen LogP contribution in [0.2, 0.25) is 0 Å². The van der Waals surface area contributed by atoms with E-state index in [0.29, 0.717) is 6.61 Å². The van der Waals surface area contributed by atoms with Crippen LogP contribution >= 0.6 is 0 Å². The van der Waals surface area contributed by atoms with Gasteiger partial charge in [-0.25, -0.2) is 0 Å². The molecule has 0 radical (unpaired) electrons. The van der Waals surface area contributed by atoms with E-state index in [1.54, 1.807) is 6.07 Å². The standard InChI is InChI=1S/C16H25NO3/c1-3-5-6-7-8-9-14(17-20-4-2)13-10-11-15(18)16(19)12-13/h10-12,18-19H,3-9H2,1-2H3/b17-14-. The van der Waals surface area contributed by atoms with E-state index in [1.165, 1.54) is 37.8 Å². The fourth-order valence-corrected chi connectivity index (χ4v) is 1.98. The van der Waals surface area contributed by atoms with Gasteiger partial charge < -0.3 is 15.1 Å². The molecule has 1 aromatic carbocycles. The Hall–Kier alpha value is -1.71.